The van der Waals surface area contributed by atoms with Gasteiger partial charge < -0.3 is 18.9 Å². The van der Waals surface area contributed by atoms with Crippen LogP contribution < -0.4 is 9.47 Å². The first-order valence-electron chi connectivity index (χ1n) is 13.4. The fraction of sp³-hybridized carbons (Fsp3) is 0.303. The Hall–Kier alpha value is -4.26. The summed E-state index contributed by atoms with van der Waals surface area (Å²) >= 11 is 0. The number of alkyl halides is 3. The molecule has 0 saturated carbocycles. The zero-order chi connectivity index (χ0) is 30.0. The molecule has 0 atom stereocenters. The van der Waals surface area contributed by atoms with E-state index in [-0.39, 0.29) is 13.2 Å². The lowest BCUT2D eigenvalue weighted by atomic mass is 9.96. The number of nitrogens with zero attached hydrogens (tertiary/aromatic N) is 1. The molecule has 0 aliphatic carbocycles. The van der Waals surface area contributed by atoms with Crippen molar-refractivity contribution in [2.45, 2.75) is 13.1 Å². The van der Waals surface area contributed by atoms with Crippen LogP contribution in [-0.2, 0) is 20.4 Å². The number of hydrogen-bond donors (Lipinski definition) is 0. The Kier molecular flexibility index (Phi) is 10.7. The van der Waals surface area contributed by atoms with Gasteiger partial charge in [-0.25, -0.2) is 4.79 Å². The Morgan fingerprint density at radius 3 is 2.26 bits per heavy atom. The molecule has 1 aliphatic rings. The van der Waals surface area contributed by atoms with E-state index in [4.69, 9.17) is 14.2 Å². The van der Waals surface area contributed by atoms with E-state index in [0.717, 1.165) is 60.7 Å². The van der Waals surface area contributed by atoms with Gasteiger partial charge in [-0.1, -0.05) is 36.1 Å². The molecule has 0 bridgehead atoms. The van der Waals surface area contributed by atoms with Crippen LogP contribution in [0.25, 0.3) is 5.57 Å². The molecule has 3 aromatic rings. The smallest absolute Gasteiger partial charge is 0.416 e. The maximum atomic E-state index is 13.2. The third kappa shape index (κ3) is 8.87. The molecule has 0 radical (unpaired) electrons. The summed E-state index contributed by atoms with van der Waals surface area (Å²) in [5.74, 6) is 7.00. The highest BCUT2D eigenvalue weighted by atomic mass is 19.4. The van der Waals surface area contributed by atoms with Gasteiger partial charge in [-0.15, -0.1) is 0 Å². The van der Waals surface area contributed by atoms with Crippen LogP contribution in [0.15, 0.2) is 72.8 Å². The first kappa shape index (κ1) is 30.7. The predicted molar refractivity (Wildman–Crippen MR) is 153 cm³/mol. The van der Waals surface area contributed by atoms with Crippen LogP contribution in [0.2, 0.25) is 0 Å². The second kappa shape index (κ2) is 14.6. The molecule has 1 fully saturated rings. The zero-order valence-electron chi connectivity index (χ0n) is 23.5. The molecule has 0 unspecified atom stereocenters. The van der Waals surface area contributed by atoms with Gasteiger partial charge in [-0.2, -0.15) is 13.2 Å². The highest BCUT2D eigenvalue weighted by Crippen LogP contribution is 2.32. The lowest BCUT2D eigenvalue weighted by molar-refractivity contribution is -0.143. The van der Waals surface area contributed by atoms with Crippen molar-refractivity contribution < 1.29 is 36.9 Å². The predicted octanol–water partition coefficient (Wildman–Crippen LogP) is 5.76. The second-order valence-corrected chi connectivity index (χ2v) is 9.56. The van der Waals surface area contributed by atoms with Crippen molar-refractivity contribution in [3.05, 3.63) is 101 Å². The van der Waals surface area contributed by atoms with Crippen LogP contribution in [-0.4, -0.2) is 64.0 Å². The van der Waals surface area contributed by atoms with E-state index in [1.165, 1.54) is 19.2 Å². The number of hydrogen-bond acceptors (Lipinski definition) is 6. The molecule has 6 nitrogen and oxygen atoms in total. The summed E-state index contributed by atoms with van der Waals surface area (Å²) in [7, 11) is 1.29. The third-order valence-corrected chi connectivity index (χ3v) is 6.62. The molecule has 1 saturated heterocycles. The molecule has 1 aliphatic heterocycles. The van der Waals surface area contributed by atoms with E-state index in [1.807, 2.05) is 37.3 Å². The molecule has 9 heteroatoms. The lowest BCUT2D eigenvalue weighted by Gasteiger charge is -2.24. The number of halogens is 3. The topological polar surface area (TPSA) is 57.2 Å². The Labute approximate surface area is 243 Å². The third-order valence-electron chi connectivity index (χ3n) is 6.62. The van der Waals surface area contributed by atoms with Crippen molar-refractivity contribution in [3.8, 4) is 23.3 Å². The summed E-state index contributed by atoms with van der Waals surface area (Å²) in [5.41, 5.74) is 3.08. The van der Waals surface area contributed by atoms with Crippen LogP contribution in [0.1, 0.15) is 27.8 Å². The summed E-state index contributed by atoms with van der Waals surface area (Å²) in [6.45, 7) is 5.62. The van der Waals surface area contributed by atoms with Crippen LogP contribution in [0.5, 0.6) is 11.5 Å². The lowest BCUT2D eigenvalue weighted by Crippen LogP contribution is -2.36. The van der Waals surface area contributed by atoms with Crippen molar-refractivity contribution in [1.29, 1.82) is 0 Å². The number of aryl methyl sites for hydroxylation is 1. The molecular weight excluding hydrogens is 547 g/mol. The van der Waals surface area contributed by atoms with Crippen LogP contribution >= 0.6 is 0 Å². The van der Waals surface area contributed by atoms with Crippen molar-refractivity contribution >= 4 is 11.5 Å². The average molecular weight is 580 g/mol. The number of carbonyl (C=O) groups excluding carboxylic acids is 1. The van der Waals surface area contributed by atoms with Crippen LogP contribution in [0, 0.1) is 18.8 Å². The summed E-state index contributed by atoms with van der Waals surface area (Å²) in [4.78, 5) is 13.6. The average Bonchev–Trinajstić information content (AvgIpc) is 2.99. The fourth-order valence-electron chi connectivity index (χ4n) is 4.28. The van der Waals surface area contributed by atoms with E-state index >= 15 is 0 Å². The van der Waals surface area contributed by atoms with E-state index < -0.39 is 17.7 Å². The van der Waals surface area contributed by atoms with Crippen molar-refractivity contribution in [2.24, 2.45) is 0 Å². The molecule has 4 rings (SSSR count). The Morgan fingerprint density at radius 2 is 1.64 bits per heavy atom. The minimum absolute atomic E-state index is 0.166. The highest BCUT2D eigenvalue weighted by molar-refractivity contribution is 5.80. The van der Waals surface area contributed by atoms with Crippen molar-refractivity contribution in [2.75, 3.05) is 53.2 Å². The zero-order valence-corrected chi connectivity index (χ0v) is 23.5. The van der Waals surface area contributed by atoms with Crippen molar-refractivity contribution in [1.82, 2.24) is 4.90 Å². The standard InChI is InChI=1S/C33H32F3NO5/c1-24-22-29(13-14-31(24)42-23-32(38)39-2)41-19-15-30(27-9-11-28(12-10-27)33(34,35)36)26-7-5-25(6-8-26)4-3-16-37-17-20-40-21-18-37/h5-15,22H,16-21,23H2,1-2H3. The van der Waals surface area contributed by atoms with Crippen LogP contribution in [0.3, 0.4) is 0 Å². The van der Waals surface area contributed by atoms with E-state index in [9.17, 15) is 18.0 Å². The Morgan fingerprint density at radius 1 is 0.976 bits per heavy atom. The van der Waals surface area contributed by atoms with Gasteiger partial charge in [-0.05, 0) is 77.7 Å². The van der Waals surface area contributed by atoms with Gasteiger partial charge in [0.15, 0.2) is 6.61 Å². The molecule has 220 valence electrons. The first-order chi connectivity index (χ1) is 20.2. The minimum atomic E-state index is -4.42. The van der Waals surface area contributed by atoms with Gasteiger partial charge in [0, 0.05) is 18.7 Å². The van der Waals surface area contributed by atoms with Gasteiger partial charge in [0.05, 0.1) is 32.4 Å². The van der Waals surface area contributed by atoms with Gasteiger partial charge >= 0.3 is 12.1 Å². The molecule has 1 heterocycles. The Balaban J connectivity index is 1.50. The largest absolute Gasteiger partial charge is 0.489 e. The number of morpholine rings is 1. The second-order valence-electron chi connectivity index (χ2n) is 9.56. The normalized spacial score (nSPS) is 14.1. The van der Waals surface area contributed by atoms with Gasteiger partial charge in [0.25, 0.3) is 0 Å². The molecular formula is C33H32F3NO5. The summed E-state index contributed by atoms with van der Waals surface area (Å²) < 4.78 is 60.9. The van der Waals surface area contributed by atoms with Crippen molar-refractivity contribution in [3.63, 3.8) is 0 Å². The summed E-state index contributed by atoms with van der Waals surface area (Å²) in [6, 6.07) is 17.9. The number of carbonyl (C=O) groups is 1. The first-order valence-corrected chi connectivity index (χ1v) is 13.4. The van der Waals surface area contributed by atoms with E-state index in [2.05, 4.69) is 21.5 Å². The fourth-order valence-corrected chi connectivity index (χ4v) is 4.28. The van der Waals surface area contributed by atoms with Gasteiger partial charge in [0.2, 0.25) is 0 Å². The van der Waals surface area contributed by atoms with E-state index in [0.29, 0.717) is 23.6 Å². The Bertz CT molecular complexity index is 1430. The molecule has 0 N–H and O–H groups in total. The molecule has 42 heavy (non-hydrogen) atoms. The maximum absolute atomic E-state index is 13.2. The number of esters is 1. The highest BCUT2D eigenvalue weighted by Gasteiger charge is 2.30. The van der Waals surface area contributed by atoms with Gasteiger partial charge in [0.1, 0.15) is 18.1 Å². The van der Waals surface area contributed by atoms with Crippen LogP contribution in [0.4, 0.5) is 13.2 Å². The number of ether oxygens (including phenoxy) is 4. The van der Waals surface area contributed by atoms with Gasteiger partial charge in [-0.3, -0.25) is 4.90 Å². The SMILES string of the molecule is COC(=O)COc1ccc(OCC=C(c2ccc(C#CCN3CCOCC3)cc2)c2ccc(C(F)(F)F)cc2)cc1C. The molecule has 3 aromatic carbocycles. The quantitative estimate of drug-likeness (QED) is 0.237. The molecule has 0 amide bonds. The molecule has 0 aromatic heterocycles. The maximum Gasteiger partial charge on any atom is 0.416 e. The molecule has 0 spiro atoms. The number of methoxy groups -OCH3 is 1. The summed E-state index contributed by atoms with van der Waals surface area (Å²) in [5, 5.41) is 0. The summed E-state index contributed by atoms with van der Waals surface area (Å²) in [6.07, 6.45) is -2.59. The minimum Gasteiger partial charge on any atom is -0.489 e. The van der Waals surface area contributed by atoms with E-state index in [1.54, 1.807) is 18.2 Å². The monoisotopic (exact) mass is 579 g/mol. The number of benzene rings is 3. The number of rotatable bonds is 9.